The molecular weight excluding hydrogens is 496 g/mol. The molecule has 0 radical (unpaired) electrons. The van der Waals surface area contributed by atoms with Gasteiger partial charge < -0.3 is 9.32 Å². The zero-order chi connectivity index (χ0) is 26.5. The summed E-state index contributed by atoms with van der Waals surface area (Å²) in [6, 6.07) is 25.1. The molecule has 0 spiro atoms. The molecule has 0 saturated carbocycles. The third kappa shape index (κ3) is 5.76. The monoisotopic (exact) mass is 524 g/mol. The summed E-state index contributed by atoms with van der Waals surface area (Å²) in [5, 5.41) is 4.78. The highest BCUT2D eigenvalue weighted by Crippen LogP contribution is 2.26. The molecule has 0 bridgehead atoms. The minimum Gasteiger partial charge on any atom is -0.467 e. The van der Waals surface area contributed by atoms with Gasteiger partial charge in [0.1, 0.15) is 12.3 Å². The molecule has 3 heterocycles. The van der Waals surface area contributed by atoms with Crippen LogP contribution < -0.4 is 5.32 Å². The molecule has 7 nitrogen and oxygen atoms in total. The van der Waals surface area contributed by atoms with E-state index >= 15 is 0 Å². The van der Waals surface area contributed by atoms with Crippen molar-refractivity contribution in [1.29, 1.82) is 0 Å². The minimum absolute atomic E-state index is 0.156. The molecule has 0 fully saturated rings. The Balaban J connectivity index is 1.43. The van der Waals surface area contributed by atoms with Crippen LogP contribution in [-0.2, 0) is 11.3 Å². The van der Waals surface area contributed by atoms with Crippen molar-refractivity contribution in [3.8, 4) is 16.9 Å². The Morgan fingerprint density at radius 2 is 1.79 bits per heavy atom. The molecular formula is C30H28N4O3S. The van der Waals surface area contributed by atoms with E-state index in [1.807, 2.05) is 64.7 Å². The lowest BCUT2D eigenvalue weighted by Gasteiger charge is -2.20. The van der Waals surface area contributed by atoms with Crippen molar-refractivity contribution < 1.29 is 14.0 Å². The third-order valence-corrected chi connectivity index (χ3v) is 7.00. The largest absolute Gasteiger partial charge is 0.467 e. The minimum atomic E-state index is -0.355. The van der Waals surface area contributed by atoms with Gasteiger partial charge in [0.15, 0.2) is 0 Å². The molecule has 0 aliphatic carbocycles. The van der Waals surface area contributed by atoms with Crippen molar-refractivity contribution in [3.63, 3.8) is 0 Å². The Labute approximate surface area is 225 Å². The number of benzene rings is 2. The lowest BCUT2D eigenvalue weighted by atomic mass is 10.0. The SMILES string of the molecule is CC(C)c1ccc(-n2cc(-c3ccccc3)nc2NC(=O)CN(Cc2ccco2)C(=O)c2cccs2)cc1. The third-order valence-electron chi connectivity index (χ3n) is 6.15. The van der Waals surface area contributed by atoms with Gasteiger partial charge in [-0.25, -0.2) is 4.98 Å². The van der Waals surface area contributed by atoms with Crippen LogP contribution in [0, 0.1) is 0 Å². The first-order valence-corrected chi connectivity index (χ1v) is 13.3. The van der Waals surface area contributed by atoms with Gasteiger partial charge in [0.2, 0.25) is 11.9 Å². The molecule has 0 aliphatic heterocycles. The average molecular weight is 525 g/mol. The summed E-state index contributed by atoms with van der Waals surface area (Å²) < 4.78 is 7.31. The molecule has 0 saturated heterocycles. The van der Waals surface area contributed by atoms with Crippen molar-refractivity contribution in [2.24, 2.45) is 0 Å². The lowest BCUT2D eigenvalue weighted by Crippen LogP contribution is -2.37. The number of nitrogens with one attached hydrogen (secondary N) is 1. The summed E-state index contributed by atoms with van der Waals surface area (Å²) in [6.45, 7) is 4.32. The highest BCUT2D eigenvalue weighted by Gasteiger charge is 2.22. The highest BCUT2D eigenvalue weighted by molar-refractivity contribution is 7.12. The fraction of sp³-hybridized carbons (Fsp3) is 0.167. The predicted octanol–water partition coefficient (Wildman–Crippen LogP) is 6.60. The molecule has 2 amide bonds. The summed E-state index contributed by atoms with van der Waals surface area (Å²) >= 11 is 1.34. The number of carbonyl (C=O) groups excluding carboxylic acids is 2. The van der Waals surface area contributed by atoms with Crippen molar-refractivity contribution >= 4 is 29.1 Å². The van der Waals surface area contributed by atoms with Gasteiger partial charge in [0, 0.05) is 17.4 Å². The molecule has 2 aromatic carbocycles. The Morgan fingerprint density at radius 1 is 1.00 bits per heavy atom. The Kier molecular flexibility index (Phi) is 7.51. The Morgan fingerprint density at radius 3 is 2.45 bits per heavy atom. The summed E-state index contributed by atoms with van der Waals surface area (Å²) in [7, 11) is 0. The van der Waals surface area contributed by atoms with E-state index in [-0.39, 0.29) is 24.9 Å². The van der Waals surface area contributed by atoms with Crippen molar-refractivity contribution in [2.75, 3.05) is 11.9 Å². The fourth-order valence-electron chi connectivity index (χ4n) is 4.12. The van der Waals surface area contributed by atoms with Gasteiger partial charge in [-0.05, 0) is 47.2 Å². The van der Waals surface area contributed by atoms with Gasteiger partial charge in [-0.15, -0.1) is 11.3 Å². The molecule has 3 aromatic heterocycles. The molecule has 8 heteroatoms. The van der Waals surface area contributed by atoms with E-state index in [0.717, 1.165) is 16.9 Å². The van der Waals surface area contributed by atoms with Crippen LogP contribution in [0.15, 0.2) is 101 Å². The van der Waals surface area contributed by atoms with Crippen LogP contribution in [0.2, 0.25) is 0 Å². The molecule has 0 atom stereocenters. The molecule has 5 rings (SSSR count). The number of furan rings is 1. The number of thiophene rings is 1. The molecule has 5 aromatic rings. The first-order chi connectivity index (χ1) is 18.5. The lowest BCUT2D eigenvalue weighted by molar-refractivity contribution is -0.117. The maximum atomic E-state index is 13.3. The number of aromatic nitrogens is 2. The van der Waals surface area contributed by atoms with Crippen LogP contribution in [0.5, 0.6) is 0 Å². The summed E-state index contributed by atoms with van der Waals surface area (Å²) in [6.07, 6.45) is 3.46. The second kappa shape index (κ2) is 11.3. The Bertz CT molecular complexity index is 1490. The zero-order valence-electron chi connectivity index (χ0n) is 21.2. The van der Waals surface area contributed by atoms with E-state index in [4.69, 9.17) is 9.40 Å². The van der Waals surface area contributed by atoms with Crippen LogP contribution in [0.25, 0.3) is 16.9 Å². The number of nitrogens with zero attached hydrogens (tertiary/aromatic N) is 3. The quantitative estimate of drug-likeness (QED) is 0.236. The number of carbonyl (C=O) groups is 2. The fourth-order valence-corrected chi connectivity index (χ4v) is 4.81. The topological polar surface area (TPSA) is 80.4 Å². The van der Waals surface area contributed by atoms with E-state index in [0.29, 0.717) is 22.5 Å². The number of imidazole rings is 1. The first kappa shape index (κ1) is 25.2. The maximum Gasteiger partial charge on any atom is 0.264 e. The van der Waals surface area contributed by atoms with Gasteiger partial charge >= 0.3 is 0 Å². The smallest absolute Gasteiger partial charge is 0.264 e. The molecule has 1 N–H and O–H groups in total. The predicted molar refractivity (Wildman–Crippen MR) is 149 cm³/mol. The number of hydrogen-bond acceptors (Lipinski definition) is 5. The first-order valence-electron chi connectivity index (χ1n) is 12.4. The van der Waals surface area contributed by atoms with Crippen LogP contribution in [0.1, 0.15) is 40.8 Å². The van der Waals surface area contributed by atoms with Gasteiger partial charge in [0.25, 0.3) is 5.91 Å². The van der Waals surface area contributed by atoms with Crippen LogP contribution in [0.4, 0.5) is 5.95 Å². The number of amides is 2. The summed E-state index contributed by atoms with van der Waals surface area (Å²) in [4.78, 5) is 33.3. The number of anilines is 1. The van der Waals surface area contributed by atoms with E-state index < -0.39 is 0 Å². The molecule has 38 heavy (non-hydrogen) atoms. The van der Waals surface area contributed by atoms with Gasteiger partial charge in [-0.2, -0.15) is 0 Å². The summed E-state index contributed by atoms with van der Waals surface area (Å²) in [5.74, 6) is 0.802. The van der Waals surface area contributed by atoms with Crippen LogP contribution >= 0.6 is 11.3 Å². The normalized spacial score (nSPS) is 11.0. The van der Waals surface area contributed by atoms with E-state index in [9.17, 15) is 9.59 Å². The highest BCUT2D eigenvalue weighted by atomic mass is 32.1. The molecule has 0 aliphatic rings. The number of hydrogen-bond donors (Lipinski definition) is 1. The molecule has 0 unspecified atom stereocenters. The Hall–Kier alpha value is -4.43. The average Bonchev–Trinajstić information content (AvgIpc) is 3.71. The maximum absolute atomic E-state index is 13.3. The van der Waals surface area contributed by atoms with Crippen LogP contribution in [0.3, 0.4) is 0 Å². The van der Waals surface area contributed by atoms with Crippen molar-refractivity contribution in [2.45, 2.75) is 26.3 Å². The summed E-state index contributed by atoms with van der Waals surface area (Å²) in [5.41, 5.74) is 3.77. The van der Waals surface area contributed by atoms with Gasteiger partial charge in [0.05, 0.1) is 23.4 Å². The van der Waals surface area contributed by atoms with Gasteiger partial charge in [-0.3, -0.25) is 19.5 Å². The second-order valence-electron chi connectivity index (χ2n) is 9.20. The van der Waals surface area contributed by atoms with Crippen LogP contribution in [-0.4, -0.2) is 32.8 Å². The van der Waals surface area contributed by atoms with E-state index in [1.54, 1.807) is 24.5 Å². The standard InChI is InChI=1S/C30H28N4O3S/c1-21(2)22-12-14-24(15-13-22)34-19-26(23-8-4-3-5-9-23)31-30(34)32-28(35)20-33(18-25-10-6-16-37-25)29(36)27-11-7-17-38-27/h3-17,19,21H,18,20H2,1-2H3,(H,31,32,35). The zero-order valence-corrected chi connectivity index (χ0v) is 22.0. The van der Waals surface area contributed by atoms with Crippen molar-refractivity contribution in [1.82, 2.24) is 14.5 Å². The van der Waals surface area contributed by atoms with Crippen molar-refractivity contribution in [3.05, 3.63) is 113 Å². The van der Waals surface area contributed by atoms with Gasteiger partial charge in [-0.1, -0.05) is 62.4 Å². The molecule has 192 valence electrons. The van der Waals surface area contributed by atoms with E-state index in [1.165, 1.54) is 21.8 Å². The second-order valence-corrected chi connectivity index (χ2v) is 10.1. The van der Waals surface area contributed by atoms with E-state index in [2.05, 4.69) is 31.3 Å². The number of rotatable bonds is 9.